The van der Waals surface area contributed by atoms with Crippen LogP contribution in [-0.4, -0.2) is 70.0 Å². The number of carbonyl (C=O) groups excluding carboxylic acids is 4. The summed E-state index contributed by atoms with van der Waals surface area (Å²) in [6, 6.07) is -0.481. The minimum Gasteiger partial charge on any atom is -0.369 e. The number of amides is 5. The van der Waals surface area contributed by atoms with Gasteiger partial charge >= 0.3 is 11.9 Å². The first kappa shape index (κ1) is 19.5. The molecule has 8 nitrogen and oxygen atoms in total. The average Bonchev–Trinajstić information content (AvgIpc) is 2.65. The van der Waals surface area contributed by atoms with Crippen LogP contribution in [0.5, 0.6) is 0 Å². The fraction of sp³-hybridized carbons (Fsp3) is 0.500. The predicted molar refractivity (Wildman–Crippen MR) is 101 cm³/mol. The number of hydrogen-bond acceptors (Lipinski definition) is 4. The van der Waals surface area contributed by atoms with Gasteiger partial charge in [-0.25, -0.2) is 4.79 Å². The van der Waals surface area contributed by atoms with Crippen LogP contribution in [0.4, 0.5) is 4.79 Å². The van der Waals surface area contributed by atoms with E-state index in [0.29, 0.717) is 31.6 Å². The predicted octanol–water partition coefficient (Wildman–Crippen LogP) is 0.611. The molecule has 3 rings (SSSR count). The van der Waals surface area contributed by atoms with E-state index in [-0.39, 0.29) is 36.7 Å². The molecular formula is C18H22BrN4O4+. The van der Waals surface area contributed by atoms with Crippen molar-refractivity contribution in [2.24, 2.45) is 17.6 Å². The number of hydrogen-bond donors (Lipinski definition) is 1. The van der Waals surface area contributed by atoms with Gasteiger partial charge in [0.25, 0.3) is 5.91 Å². The molecule has 5 amide bonds. The van der Waals surface area contributed by atoms with Crippen LogP contribution in [0.15, 0.2) is 22.7 Å². The third-order valence-corrected chi connectivity index (χ3v) is 5.75. The van der Waals surface area contributed by atoms with Crippen molar-refractivity contribution in [3.8, 4) is 0 Å². The number of carbonyl (C=O) groups is 4. The molecule has 0 aromatic rings. The highest BCUT2D eigenvalue weighted by atomic mass is 79.9. The highest BCUT2D eigenvalue weighted by molar-refractivity contribution is 9.11. The minimum atomic E-state index is -0.588. The molecule has 3 aliphatic rings. The van der Waals surface area contributed by atoms with Gasteiger partial charge in [0.05, 0.1) is 6.54 Å². The van der Waals surface area contributed by atoms with E-state index >= 15 is 0 Å². The Balaban J connectivity index is 1.82. The van der Waals surface area contributed by atoms with E-state index in [0.717, 1.165) is 9.38 Å². The zero-order valence-electron chi connectivity index (χ0n) is 15.1. The van der Waals surface area contributed by atoms with Crippen molar-refractivity contribution in [3.63, 3.8) is 0 Å². The minimum absolute atomic E-state index is 0.133. The molecule has 1 atom stereocenters. The summed E-state index contributed by atoms with van der Waals surface area (Å²) in [7, 11) is 0. The lowest BCUT2D eigenvalue weighted by molar-refractivity contribution is -0.429. The van der Waals surface area contributed by atoms with Gasteiger partial charge in [0.2, 0.25) is 5.91 Å². The van der Waals surface area contributed by atoms with E-state index in [2.05, 4.69) is 15.9 Å². The monoisotopic (exact) mass is 437 g/mol. The van der Waals surface area contributed by atoms with Gasteiger partial charge in [0, 0.05) is 23.5 Å². The number of primary amides is 1. The number of allylic oxidation sites excluding steroid dienone is 3. The zero-order chi connectivity index (χ0) is 19.7. The molecule has 9 heteroatoms. The first-order chi connectivity index (χ1) is 12.8. The Kier molecular flexibility index (Phi) is 5.59. The van der Waals surface area contributed by atoms with Crippen LogP contribution >= 0.6 is 15.9 Å². The van der Waals surface area contributed by atoms with Gasteiger partial charge in [-0.3, -0.25) is 9.59 Å². The maximum atomic E-state index is 12.8. The summed E-state index contributed by atoms with van der Waals surface area (Å²) in [5, 5.41) is 0. The maximum Gasteiger partial charge on any atom is 0.501 e. The summed E-state index contributed by atoms with van der Waals surface area (Å²) in [5.41, 5.74) is 5.84. The summed E-state index contributed by atoms with van der Waals surface area (Å²) in [5.74, 6) is -1.62. The van der Waals surface area contributed by atoms with E-state index in [1.54, 1.807) is 30.1 Å². The van der Waals surface area contributed by atoms with E-state index in [1.807, 2.05) is 0 Å². The molecule has 0 saturated carbocycles. The van der Waals surface area contributed by atoms with E-state index in [1.165, 1.54) is 4.58 Å². The molecular weight excluding hydrogens is 416 g/mol. The van der Waals surface area contributed by atoms with Gasteiger partial charge in [0.15, 0.2) is 6.54 Å². The molecule has 2 N–H and O–H groups in total. The van der Waals surface area contributed by atoms with Crippen molar-refractivity contribution in [3.05, 3.63) is 22.7 Å². The van der Waals surface area contributed by atoms with Gasteiger partial charge in [-0.1, -0.05) is 15.9 Å². The second-order valence-corrected chi connectivity index (χ2v) is 7.71. The van der Waals surface area contributed by atoms with Gasteiger partial charge < -0.3 is 10.6 Å². The van der Waals surface area contributed by atoms with Crippen molar-refractivity contribution in [2.75, 3.05) is 26.2 Å². The van der Waals surface area contributed by atoms with Crippen LogP contribution in [0.1, 0.15) is 19.8 Å². The summed E-state index contributed by atoms with van der Waals surface area (Å²) in [6.07, 6.45) is 6.25. The normalized spacial score (nSPS) is 23.5. The largest absolute Gasteiger partial charge is 0.501 e. The number of imide groups is 1. The second kappa shape index (κ2) is 7.75. The van der Waals surface area contributed by atoms with Gasteiger partial charge in [-0.15, -0.1) is 0 Å². The Morgan fingerprint density at radius 3 is 2.52 bits per heavy atom. The summed E-state index contributed by atoms with van der Waals surface area (Å²) >= 11 is 3.36. The second-order valence-electron chi connectivity index (χ2n) is 6.80. The smallest absolute Gasteiger partial charge is 0.369 e. The molecule has 2 heterocycles. The number of nitrogens with zero attached hydrogens (tertiary/aromatic N) is 3. The SMILES string of the molecule is CCN1C(=O)C2C=C(Br)C=CC2=[N+](CC(=O)N2CCC(C(N)=O)CC2)C1=O. The third kappa shape index (κ3) is 3.73. The molecule has 27 heavy (non-hydrogen) atoms. The van der Waals surface area contributed by atoms with Crippen LogP contribution in [0, 0.1) is 11.8 Å². The zero-order valence-corrected chi connectivity index (χ0v) is 16.6. The maximum absolute atomic E-state index is 12.8. The molecule has 1 aliphatic carbocycles. The Hall–Kier alpha value is -2.29. The Morgan fingerprint density at radius 2 is 1.93 bits per heavy atom. The van der Waals surface area contributed by atoms with Crippen LogP contribution in [0.2, 0.25) is 0 Å². The number of fused-ring (bicyclic) bond motifs is 1. The number of halogens is 1. The molecule has 0 aromatic carbocycles. The fourth-order valence-electron chi connectivity index (χ4n) is 3.64. The van der Waals surface area contributed by atoms with E-state index < -0.39 is 11.9 Å². The van der Waals surface area contributed by atoms with Gasteiger partial charge in [-0.2, -0.15) is 14.3 Å². The lowest BCUT2D eigenvalue weighted by atomic mass is 9.94. The summed E-state index contributed by atoms with van der Waals surface area (Å²) in [6.45, 7) is 2.71. The first-order valence-corrected chi connectivity index (χ1v) is 9.75. The molecule has 1 unspecified atom stereocenters. The van der Waals surface area contributed by atoms with Crippen LogP contribution in [0.3, 0.4) is 0 Å². The van der Waals surface area contributed by atoms with Crippen molar-refractivity contribution >= 4 is 45.4 Å². The number of likely N-dealkylation sites (tertiary alicyclic amines) is 1. The molecule has 1 saturated heterocycles. The van der Waals surface area contributed by atoms with E-state index in [9.17, 15) is 19.2 Å². The third-order valence-electron chi connectivity index (χ3n) is 5.22. The first-order valence-electron chi connectivity index (χ1n) is 8.95. The van der Waals surface area contributed by atoms with E-state index in [4.69, 9.17) is 5.73 Å². The fourth-order valence-corrected chi connectivity index (χ4v) is 4.04. The van der Waals surface area contributed by atoms with Gasteiger partial charge in [0.1, 0.15) is 11.6 Å². The summed E-state index contributed by atoms with van der Waals surface area (Å²) < 4.78 is 2.14. The standard InChI is InChI=1S/C18H21BrN4O4/c1-2-22-17(26)13-9-12(19)3-4-14(13)23(18(22)27)10-15(24)21-7-5-11(6-8-21)16(20)25/h3-4,9,11,13H,2,5-8,10H2,1H3,(H-,20,25)/p+1. The molecule has 0 spiro atoms. The van der Waals surface area contributed by atoms with Crippen LogP contribution in [0.25, 0.3) is 0 Å². The molecule has 1 fully saturated rings. The lowest BCUT2D eigenvalue weighted by Gasteiger charge is -2.31. The topological polar surface area (TPSA) is 104 Å². The summed E-state index contributed by atoms with van der Waals surface area (Å²) in [4.78, 5) is 52.2. The Labute approximate surface area is 165 Å². The lowest BCUT2D eigenvalue weighted by Crippen LogP contribution is -2.56. The number of rotatable bonds is 4. The Morgan fingerprint density at radius 1 is 1.26 bits per heavy atom. The van der Waals surface area contributed by atoms with Crippen molar-refractivity contribution in [2.45, 2.75) is 19.8 Å². The van der Waals surface area contributed by atoms with Crippen LogP contribution in [-0.2, 0) is 14.4 Å². The van der Waals surface area contributed by atoms with Crippen molar-refractivity contribution < 1.29 is 23.8 Å². The molecule has 0 radical (unpaired) electrons. The molecule has 2 aliphatic heterocycles. The number of nitrogens with two attached hydrogens (primary N) is 1. The van der Waals surface area contributed by atoms with Crippen LogP contribution < -0.4 is 5.73 Å². The van der Waals surface area contributed by atoms with Crippen molar-refractivity contribution in [1.29, 1.82) is 0 Å². The van der Waals surface area contributed by atoms with Gasteiger partial charge in [-0.05, 0) is 38.0 Å². The molecule has 144 valence electrons. The molecule has 0 aromatic heterocycles. The highest BCUT2D eigenvalue weighted by Crippen LogP contribution is 2.25. The number of urea groups is 1. The molecule has 0 bridgehead atoms. The van der Waals surface area contributed by atoms with Crippen molar-refractivity contribution in [1.82, 2.24) is 9.80 Å². The highest BCUT2D eigenvalue weighted by Gasteiger charge is 2.47. The quantitative estimate of drug-likeness (QED) is 0.650. The average molecular weight is 438 g/mol. The Bertz CT molecular complexity index is 793. The number of piperidine rings is 1.